The Morgan fingerprint density at radius 2 is 2.00 bits per heavy atom. The molecule has 0 spiro atoms. The van der Waals surface area contributed by atoms with Crippen LogP contribution in [-0.2, 0) is 16.1 Å². The lowest BCUT2D eigenvalue weighted by atomic mass is 10.1. The number of hydrogen-bond donors (Lipinski definition) is 2. The first-order valence-corrected chi connectivity index (χ1v) is 9.14. The number of aliphatic hydroxyl groups is 1. The largest absolute Gasteiger partial charge is 0.391 e. The number of benzene rings is 2. The van der Waals surface area contributed by atoms with Crippen molar-refractivity contribution < 1.29 is 14.6 Å². The van der Waals surface area contributed by atoms with Crippen molar-refractivity contribution >= 4 is 11.6 Å². The van der Waals surface area contributed by atoms with E-state index >= 15 is 0 Å². The molecule has 28 heavy (non-hydrogen) atoms. The molecule has 0 aliphatic carbocycles. The van der Waals surface area contributed by atoms with Crippen LogP contribution in [0.3, 0.4) is 0 Å². The molecule has 146 valence electrons. The Labute approximate surface area is 163 Å². The molecule has 8 nitrogen and oxygen atoms in total. The number of azide groups is 1. The number of ether oxygens (including phenoxy) is 1. The van der Waals surface area contributed by atoms with Gasteiger partial charge in [0.05, 0.1) is 19.3 Å². The minimum atomic E-state index is -0.785. The van der Waals surface area contributed by atoms with Crippen LogP contribution in [0.5, 0.6) is 0 Å². The van der Waals surface area contributed by atoms with Crippen LogP contribution in [-0.4, -0.2) is 43.4 Å². The standard InChI is InChI=1S/C20H23N5O3/c21-24-23-12-18(26)14-25(13-15-4-2-1-3-5-15)17-8-6-16(7-9-17)19-20(27)22-10-11-28-19/h1-9,18-19,26H,10-14H2,(H,22,27). The predicted molar refractivity (Wildman–Crippen MR) is 106 cm³/mol. The third-order valence-corrected chi connectivity index (χ3v) is 4.49. The molecule has 1 saturated heterocycles. The Kier molecular flexibility index (Phi) is 6.86. The number of aliphatic hydroxyl groups excluding tert-OH is 1. The van der Waals surface area contributed by atoms with Crippen molar-refractivity contribution in [2.45, 2.75) is 18.8 Å². The maximum Gasteiger partial charge on any atom is 0.253 e. The second-order valence-electron chi connectivity index (χ2n) is 6.57. The Hall–Kier alpha value is -3.06. The second-order valence-corrected chi connectivity index (χ2v) is 6.57. The molecule has 1 aliphatic heterocycles. The quantitative estimate of drug-likeness (QED) is 0.416. The normalized spacial score (nSPS) is 17.3. The molecule has 1 amide bonds. The number of hydrogen-bond acceptors (Lipinski definition) is 5. The monoisotopic (exact) mass is 381 g/mol. The van der Waals surface area contributed by atoms with Crippen molar-refractivity contribution in [3.8, 4) is 0 Å². The van der Waals surface area contributed by atoms with Gasteiger partial charge in [0.15, 0.2) is 6.10 Å². The molecule has 0 bridgehead atoms. The summed E-state index contributed by atoms with van der Waals surface area (Å²) in [4.78, 5) is 16.7. The van der Waals surface area contributed by atoms with Gasteiger partial charge in [-0.1, -0.05) is 47.6 Å². The van der Waals surface area contributed by atoms with Crippen molar-refractivity contribution in [2.24, 2.45) is 5.11 Å². The first-order valence-electron chi connectivity index (χ1n) is 9.14. The third kappa shape index (κ3) is 5.23. The Bertz CT molecular complexity index is 821. The van der Waals surface area contributed by atoms with E-state index in [2.05, 4.69) is 15.3 Å². The van der Waals surface area contributed by atoms with Gasteiger partial charge in [-0.25, -0.2) is 0 Å². The molecule has 0 aromatic heterocycles. The lowest BCUT2D eigenvalue weighted by Crippen LogP contribution is -2.39. The maximum absolute atomic E-state index is 12.0. The van der Waals surface area contributed by atoms with Gasteiger partial charge in [-0.3, -0.25) is 4.79 Å². The molecule has 2 aromatic carbocycles. The summed E-state index contributed by atoms with van der Waals surface area (Å²) in [5.74, 6) is -0.134. The number of carbonyl (C=O) groups excluding carboxylic acids is 1. The first-order chi connectivity index (χ1) is 13.7. The van der Waals surface area contributed by atoms with Crippen LogP contribution in [0.2, 0.25) is 0 Å². The summed E-state index contributed by atoms with van der Waals surface area (Å²) in [6, 6.07) is 17.5. The van der Waals surface area contributed by atoms with Crippen molar-refractivity contribution in [2.75, 3.05) is 31.1 Å². The van der Waals surface area contributed by atoms with Gasteiger partial charge in [0.2, 0.25) is 0 Å². The highest BCUT2D eigenvalue weighted by Crippen LogP contribution is 2.24. The van der Waals surface area contributed by atoms with Crippen molar-refractivity contribution in [1.82, 2.24) is 5.32 Å². The lowest BCUT2D eigenvalue weighted by molar-refractivity contribution is -0.138. The third-order valence-electron chi connectivity index (χ3n) is 4.49. The number of nitrogens with zero attached hydrogens (tertiary/aromatic N) is 4. The van der Waals surface area contributed by atoms with Crippen LogP contribution in [0, 0.1) is 0 Å². The molecular formula is C20H23N5O3. The number of anilines is 1. The topological polar surface area (TPSA) is 111 Å². The summed E-state index contributed by atoms with van der Waals surface area (Å²) in [6.45, 7) is 1.93. The predicted octanol–water partition coefficient (Wildman–Crippen LogP) is 2.55. The van der Waals surface area contributed by atoms with Crippen LogP contribution < -0.4 is 10.2 Å². The highest BCUT2D eigenvalue weighted by molar-refractivity contribution is 5.82. The Morgan fingerprint density at radius 3 is 2.68 bits per heavy atom. The molecule has 1 aliphatic rings. The van der Waals surface area contributed by atoms with Crippen molar-refractivity contribution in [1.29, 1.82) is 0 Å². The van der Waals surface area contributed by atoms with E-state index in [-0.39, 0.29) is 12.5 Å². The summed E-state index contributed by atoms with van der Waals surface area (Å²) >= 11 is 0. The number of amides is 1. The summed E-state index contributed by atoms with van der Waals surface area (Å²) in [7, 11) is 0. The van der Waals surface area contributed by atoms with Crippen molar-refractivity contribution in [3.63, 3.8) is 0 Å². The highest BCUT2D eigenvalue weighted by atomic mass is 16.5. The molecule has 2 atom stereocenters. The van der Waals surface area contributed by atoms with Gasteiger partial charge in [-0.15, -0.1) is 0 Å². The number of morpholine rings is 1. The van der Waals surface area contributed by atoms with E-state index < -0.39 is 12.2 Å². The van der Waals surface area contributed by atoms with Crippen LogP contribution in [0.25, 0.3) is 10.4 Å². The van der Waals surface area contributed by atoms with E-state index in [1.54, 1.807) is 0 Å². The Balaban J connectivity index is 1.78. The second kappa shape index (κ2) is 9.75. The lowest BCUT2D eigenvalue weighted by Gasteiger charge is -2.28. The summed E-state index contributed by atoms with van der Waals surface area (Å²) in [6.07, 6.45) is -1.38. The van der Waals surface area contributed by atoms with Gasteiger partial charge in [0, 0.05) is 30.2 Å². The molecule has 1 heterocycles. The van der Waals surface area contributed by atoms with Gasteiger partial charge in [-0.2, -0.15) is 0 Å². The van der Waals surface area contributed by atoms with E-state index in [0.29, 0.717) is 26.2 Å². The van der Waals surface area contributed by atoms with Crippen LogP contribution in [0.1, 0.15) is 17.2 Å². The summed E-state index contributed by atoms with van der Waals surface area (Å²) in [5.41, 5.74) is 11.2. The van der Waals surface area contributed by atoms with E-state index in [1.807, 2.05) is 59.5 Å². The molecule has 0 saturated carbocycles. The minimum absolute atomic E-state index is 0.00988. The van der Waals surface area contributed by atoms with Crippen LogP contribution >= 0.6 is 0 Å². The molecule has 2 N–H and O–H groups in total. The molecule has 1 fully saturated rings. The summed E-state index contributed by atoms with van der Waals surface area (Å²) < 4.78 is 5.57. The van der Waals surface area contributed by atoms with Crippen LogP contribution in [0.15, 0.2) is 59.7 Å². The first kappa shape index (κ1) is 19.7. The van der Waals surface area contributed by atoms with Gasteiger partial charge < -0.3 is 20.1 Å². The van der Waals surface area contributed by atoms with Gasteiger partial charge >= 0.3 is 0 Å². The average Bonchev–Trinajstić information content (AvgIpc) is 2.73. The number of carbonyl (C=O) groups is 1. The smallest absolute Gasteiger partial charge is 0.253 e. The fourth-order valence-electron chi connectivity index (χ4n) is 3.13. The van der Waals surface area contributed by atoms with E-state index in [0.717, 1.165) is 16.8 Å². The molecule has 8 heteroatoms. The molecule has 3 rings (SSSR count). The average molecular weight is 381 g/mol. The minimum Gasteiger partial charge on any atom is -0.391 e. The molecule has 0 radical (unpaired) electrons. The van der Waals surface area contributed by atoms with E-state index in [1.165, 1.54) is 0 Å². The maximum atomic E-state index is 12.0. The molecule has 2 aromatic rings. The zero-order valence-corrected chi connectivity index (χ0v) is 15.4. The molecule has 2 unspecified atom stereocenters. The Morgan fingerprint density at radius 1 is 1.25 bits per heavy atom. The van der Waals surface area contributed by atoms with Crippen molar-refractivity contribution in [3.05, 3.63) is 76.2 Å². The van der Waals surface area contributed by atoms with Gasteiger partial charge in [0.1, 0.15) is 0 Å². The zero-order valence-electron chi connectivity index (χ0n) is 15.4. The van der Waals surface area contributed by atoms with Gasteiger partial charge in [-0.05, 0) is 28.8 Å². The molecular weight excluding hydrogens is 358 g/mol. The fraction of sp³-hybridized carbons (Fsp3) is 0.350. The summed E-state index contributed by atoms with van der Waals surface area (Å²) in [5, 5.41) is 16.5. The number of nitrogens with one attached hydrogen (secondary N) is 1. The SMILES string of the molecule is [N-]=[N+]=NCC(O)CN(Cc1ccccc1)c1ccc(C2OCCNC2=O)cc1. The zero-order chi connectivity index (χ0) is 19.8. The number of rotatable bonds is 8. The van der Waals surface area contributed by atoms with Gasteiger partial charge in [0.25, 0.3) is 5.91 Å². The van der Waals surface area contributed by atoms with E-state index in [9.17, 15) is 9.90 Å². The van der Waals surface area contributed by atoms with E-state index in [4.69, 9.17) is 10.3 Å². The fourth-order valence-corrected chi connectivity index (χ4v) is 3.13. The highest BCUT2D eigenvalue weighted by Gasteiger charge is 2.24. The van der Waals surface area contributed by atoms with Crippen LogP contribution in [0.4, 0.5) is 5.69 Å².